The van der Waals surface area contributed by atoms with E-state index in [0.717, 1.165) is 19.4 Å². The Morgan fingerprint density at radius 2 is 2.09 bits per heavy atom. The van der Waals surface area contributed by atoms with Crippen LogP contribution in [0.5, 0.6) is 0 Å². The van der Waals surface area contributed by atoms with Crippen molar-refractivity contribution in [3.63, 3.8) is 0 Å². The van der Waals surface area contributed by atoms with Crippen LogP contribution in [0.4, 0.5) is 4.79 Å². The third kappa shape index (κ3) is 4.01. The molecule has 1 aromatic rings. The van der Waals surface area contributed by atoms with Gasteiger partial charge < -0.3 is 15.0 Å². The summed E-state index contributed by atoms with van der Waals surface area (Å²) in [7, 11) is 0. The van der Waals surface area contributed by atoms with Gasteiger partial charge in [0.25, 0.3) is 0 Å². The molecule has 0 unspecified atom stereocenters. The molecule has 4 heteroatoms. The number of nitrogens with zero attached hydrogens (tertiary/aromatic N) is 1. The maximum absolute atomic E-state index is 12.6. The van der Waals surface area contributed by atoms with E-state index >= 15 is 0 Å². The van der Waals surface area contributed by atoms with E-state index < -0.39 is 0 Å². The molecule has 1 heterocycles. The molecule has 22 heavy (non-hydrogen) atoms. The molecule has 3 rings (SSSR count). The van der Waals surface area contributed by atoms with Gasteiger partial charge in [-0.2, -0.15) is 0 Å². The van der Waals surface area contributed by atoms with Gasteiger partial charge in [0.05, 0.1) is 6.10 Å². The van der Waals surface area contributed by atoms with Crippen molar-refractivity contribution in [2.24, 2.45) is 5.92 Å². The second-order valence-corrected chi connectivity index (χ2v) is 6.51. The number of carbonyl (C=O) groups is 1. The van der Waals surface area contributed by atoms with Crippen molar-refractivity contribution in [1.29, 1.82) is 0 Å². The number of benzene rings is 1. The van der Waals surface area contributed by atoms with E-state index in [9.17, 15) is 4.79 Å². The molecule has 1 saturated heterocycles. The second kappa shape index (κ2) is 7.14. The van der Waals surface area contributed by atoms with Crippen molar-refractivity contribution in [1.82, 2.24) is 10.2 Å². The third-order valence-corrected chi connectivity index (χ3v) is 4.76. The highest BCUT2D eigenvalue weighted by Gasteiger charge is 2.34. The van der Waals surface area contributed by atoms with Crippen molar-refractivity contribution in [3.8, 4) is 0 Å². The van der Waals surface area contributed by atoms with Crippen molar-refractivity contribution < 1.29 is 9.53 Å². The number of ether oxygens (including phenoxy) is 1. The zero-order valence-electron chi connectivity index (χ0n) is 13.3. The summed E-state index contributed by atoms with van der Waals surface area (Å²) in [5.41, 5.74) is 1.18. The number of hydrogen-bond acceptors (Lipinski definition) is 2. The highest BCUT2D eigenvalue weighted by Crippen LogP contribution is 2.35. The molecule has 4 nitrogen and oxygen atoms in total. The minimum Gasteiger partial charge on any atom is -0.376 e. The molecule has 2 atom stereocenters. The molecule has 0 spiro atoms. The summed E-state index contributed by atoms with van der Waals surface area (Å²) in [5.74, 6) is 0.664. The third-order valence-electron chi connectivity index (χ3n) is 4.76. The molecule has 0 aromatic heterocycles. The Kier molecular flexibility index (Phi) is 4.98. The molecular formula is C18H26N2O2. The first-order chi connectivity index (χ1) is 10.7. The number of carbonyl (C=O) groups excluding carboxylic acids is 1. The molecule has 1 N–H and O–H groups in total. The van der Waals surface area contributed by atoms with Crippen LogP contribution in [-0.2, 0) is 11.3 Å². The smallest absolute Gasteiger partial charge is 0.318 e. The van der Waals surface area contributed by atoms with Gasteiger partial charge in [0, 0.05) is 25.7 Å². The van der Waals surface area contributed by atoms with Crippen LogP contribution in [0.2, 0.25) is 0 Å². The van der Waals surface area contributed by atoms with Crippen molar-refractivity contribution in [2.45, 2.75) is 51.3 Å². The van der Waals surface area contributed by atoms with Crippen LogP contribution in [0.25, 0.3) is 0 Å². The summed E-state index contributed by atoms with van der Waals surface area (Å²) in [6.07, 6.45) is 4.83. The maximum atomic E-state index is 12.6. The Bertz CT molecular complexity index is 481. The Morgan fingerprint density at radius 1 is 1.32 bits per heavy atom. The van der Waals surface area contributed by atoms with Gasteiger partial charge in [-0.05, 0) is 44.1 Å². The molecule has 2 amide bonds. The van der Waals surface area contributed by atoms with E-state index in [1.165, 1.54) is 18.4 Å². The average Bonchev–Trinajstić information content (AvgIpc) is 3.27. The zero-order valence-corrected chi connectivity index (χ0v) is 13.3. The lowest BCUT2D eigenvalue weighted by Gasteiger charge is -2.30. The van der Waals surface area contributed by atoms with Gasteiger partial charge in [0.2, 0.25) is 0 Å². The van der Waals surface area contributed by atoms with Crippen LogP contribution >= 0.6 is 0 Å². The monoisotopic (exact) mass is 302 g/mol. The molecule has 1 aromatic carbocycles. The number of amides is 2. The van der Waals surface area contributed by atoms with Crippen molar-refractivity contribution in [3.05, 3.63) is 35.9 Å². The molecule has 0 radical (unpaired) electrons. The molecule has 0 bridgehead atoms. The summed E-state index contributed by atoms with van der Waals surface area (Å²) >= 11 is 0. The summed E-state index contributed by atoms with van der Waals surface area (Å²) < 4.78 is 5.59. The van der Waals surface area contributed by atoms with E-state index in [1.54, 1.807) is 0 Å². The minimum absolute atomic E-state index is 0.0405. The van der Waals surface area contributed by atoms with Gasteiger partial charge in [0.15, 0.2) is 0 Å². The second-order valence-electron chi connectivity index (χ2n) is 6.51. The standard InChI is InChI=1S/C18H26N2O2/c1-14(16-9-10-16)20(13-15-6-3-2-4-7-15)18(21)19-12-17-8-5-11-22-17/h2-4,6-7,14,16-17H,5,8-13H2,1H3,(H,19,21)/t14-,17+/m1/s1. The summed E-state index contributed by atoms with van der Waals surface area (Å²) in [5, 5.41) is 3.07. The summed E-state index contributed by atoms with van der Waals surface area (Å²) in [4.78, 5) is 14.6. The summed E-state index contributed by atoms with van der Waals surface area (Å²) in [6.45, 7) is 4.30. The van der Waals surface area contributed by atoms with Gasteiger partial charge in [-0.25, -0.2) is 4.79 Å². The predicted molar refractivity (Wildman–Crippen MR) is 86.5 cm³/mol. The van der Waals surface area contributed by atoms with E-state index in [4.69, 9.17) is 4.74 Å². The van der Waals surface area contributed by atoms with Gasteiger partial charge in [-0.3, -0.25) is 0 Å². The normalized spacial score (nSPS) is 22.3. The largest absolute Gasteiger partial charge is 0.376 e. The predicted octanol–water partition coefficient (Wildman–Crippen LogP) is 3.18. The first kappa shape index (κ1) is 15.3. The fourth-order valence-corrected chi connectivity index (χ4v) is 3.12. The molecule has 1 aliphatic heterocycles. The average molecular weight is 302 g/mol. The van der Waals surface area contributed by atoms with E-state index in [0.29, 0.717) is 25.0 Å². The van der Waals surface area contributed by atoms with E-state index in [-0.39, 0.29) is 12.1 Å². The fourth-order valence-electron chi connectivity index (χ4n) is 3.12. The van der Waals surface area contributed by atoms with Crippen LogP contribution < -0.4 is 5.32 Å². The Labute approximate surface area is 132 Å². The molecule has 1 aliphatic carbocycles. The topological polar surface area (TPSA) is 41.6 Å². The zero-order chi connectivity index (χ0) is 15.4. The number of urea groups is 1. The molecule has 120 valence electrons. The minimum atomic E-state index is 0.0405. The van der Waals surface area contributed by atoms with Crippen molar-refractivity contribution in [2.75, 3.05) is 13.2 Å². The lowest BCUT2D eigenvalue weighted by Crippen LogP contribution is -2.47. The number of nitrogens with one attached hydrogen (secondary N) is 1. The Hall–Kier alpha value is -1.55. The number of rotatable bonds is 6. The highest BCUT2D eigenvalue weighted by atomic mass is 16.5. The van der Waals surface area contributed by atoms with Crippen LogP contribution in [0.3, 0.4) is 0 Å². The molecule has 2 fully saturated rings. The SMILES string of the molecule is C[C@H](C1CC1)N(Cc1ccccc1)C(=O)NC[C@@H]1CCCO1. The van der Waals surface area contributed by atoms with Crippen molar-refractivity contribution >= 4 is 6.03 Å². The van der Waals surface area contributed by atoms with Gasteiger partial charge in [0.1, 0.15) is 0 Å². The highest BCUT2D eigenvalue weighted by molar-refractivity contribution is 5.74. The maximum Gasteiger partial charge on any atom is 0.318 e. The first-order valence-corrected chi connectivity index (χ1v) is 8.44. The molecule has 1 saturated carbocycles. The van der Waals surface area contributed by atoms with Gasteiger partial charge in [-0.15, -0.1) is 0 Å². The fraction of sp³-hybridized carbons (Fsp3) is 0.611. The Balaban J connectivity index is 1.60. The summed E-state index contributed by atoms with van der Waals surface area (Å²) in [6, 6.07) is 10.6. The van der Waals surface area contributed by atoms with Crippen LogP contribution in [0, 0.1) is 5.92 Å². The van der Waals surface area contributed by atoms with Crippen LogP contribution in [0.1, 0.15) is 38.2 Å². The quantitative estimate of drug-likeness (QED) is 0.877. The number of hydrogen-bond donors (Lipinski definition) is 1. The molecular weight excluding hydrogens is 276 g/mol. The Morgan fingerprint density at radius 3 is 2.73 bits per heavy atom. The van der Waals surface area contributed by atoms with E-state index in [2.05, 4.69) is 24.4 Å². The van der Waals surface area contributed by atoms with Crippen LogP contribution in [0.15, 0.2) is 30.3 Å². The first-order valence-electron chi connectivity index (χ1n) is 8.44. The van der Waals surface area contributed by atoms with Gasteiger partial charge >= 0.3 is 6.03 Å². The van der Waals surface area contributed by atoms with Crippen LogP contribution in [-0.4, -0.2) is 36.2 Å². The lowest BCUT2D eigenvalue weighted by molar-refractivity contribution is 0.106. The molecule has 2 aliphatic rings. The lowest BCUT2D eigenvalue weighted by atomic mass is 10.1. The van der Waals surface area contributed by atoms with E-state index in [1.807, 2.05) is 23.1 Å². The van der Waals surface area contributed by atoms with Gasteiger partial charge in [-0.1, -0.05) is 30.3 Å².